The standard InChI is InChI=1S/C16H17F3N2O3S/c1-10-8-20-9-11-4-2-6-13(14(10)11)25(22,23)21-15(16(17,18)19)12-5-3-7-24-12/h2,4,6,8-9,12,15,21H,3,5,7H2,1H3. The summed E-state index contributed by atoms with van der Waals surface area (Å²) in [6.07, 6.45) is -2.38. The van der Waals surface area contributed by atoms with Crippen LogP contribution in [0.3, 0.4) is 0 Å². The Bertz CT molecular complexity index is 873. The molecule has 0 radical (unpaired) electrons. The van der Waals surface area contributed by atoms with Crippen LogP contribution in [0.15, 0.2) is 35.5 Å². The van der Waals surface area contributed by atoms with E-state index in [2.05, 4.69) is 4.98 Å². The highest BCUT2D eigenvalue weighted by Crippen LogP contribution is 2.31. The highest BCUT2D eigenvalue weighted by molar-refractivity contribution is 7.89. The first-order valence-electron chi connectivity index (χ1n) is 7.74. The van der Waals surface area contributed by atoms with E-state index < -0.39 is 28.3 Å². The van der Waals surface area contributed by atoms with Crippen molar-refractivity contribution in [2.24, 2.45) is 0 Å². The van der Waals surface area contributed by atoms with Crippen LogP contribution in [-0.2, 0) is 14.8 Å². The number of alkyl halides is 3. The monoisotopic (exact) mass is 374 g/mol. The van der Waals surface area contributed by atoms with E-state index in [4.69, 9.17) is 4.74 Å². The van der Waals surface area contributed by atoms with Crippen LogP contribution in [0.2, 0.25) is 0 Å². The van der Waals surface area contributed by atoms with E-state index in [1.54, 1.807) is 13.0 Å². The lowest BCUT2D eigenvalue weighted by atomic mass is 10.1. The van der Waals surface area contributed by atoms with Crippen LogP contribution in [-0.4, -0.2) is 38.3 Å². The molecule has 0 amide bonds. The summed E-state index contributed by atoms with van der Waals surface area (Å²) in [7, 11) is -4.41. The van der Waals surface area contributed by atoms with Crippen LogP contribution in [0, 0.1) is 6.92 Å². The number of aromatic nitrogens is 1. The van der Waals surface area contributed by atoms with Crippen molar-refractivity contribution < 1.29 is 26.3 Å². The molecular formula is C16H17F3N2O3S. The van der Waals surface area contributed by atoms with Gasteiger partial charge in [0.15, 0.2) is 0 Å². The van der Waals surface area contributed by atoms with Gasteiger partial charge in [0, 0.05) is 29.8 Å². The van der Waals surface area contributed by atoms with Gasteiger partial charge >= 0.3 is 6.18 Å². The molecule has 2 aromatic rings. The van der Waals surface area contributed by atoms with Gasteiger partial charge in [-0.25, -0.2) is 8.42 Å². The topological polar surface area (TPSA) is 68.3 Å². The maximum Gasteiger partial charge on any atom is 0.407 e. The normalized spacial score (nSPS) is 20.1. The van der Waals surface area contributed by atoms with Crippen molar-refractivity contribution in [1.29, 1.82) is 0 Å². The van der Waals surface area contributed by atoms with E-state index in [-0.39, 0.29) is 17.9 Å². The van der Waals surface area contributed by atoms with Gasteiger partial charge in [0.2, 0.25) is 10.0 Å². The summed E-state index contributed by atoms with van der Waals surface area (Å²) in [6.45, 7) is 1.85. The van der Waals surface area contributed by atoms with Crippen molar-refractivity contribution in [3.8, 4) is 0 Å². The van der Waals surface area contributed by atoms with Gasteiger partial charge in [-0.15, -0.1) is 0 Å². The Morgan fingerprint density at radius 3 is 2.72 bits per heavy atom. The van der Waals surface area contributed by atoms with E-state index in [1.807, 2.05) is 4.72 Å². The van der Waals surface area contributed by atoms with Gasteiger partial charge in [-0.1, -0.05) is 12.1 Å². The molecule has 1 aromatic heterocycles. The smallest absolute Gasteiger partial charge is 0.376 e. The molecule has 2 atom stereocenters. The minimum Gasteiger partial charge on any atom is -0.376 e. The number of nitrogens with one attached hydrogen (secondary N) is 1. The molecule has 136 valence electrons. The summed E-state index contributed by atoms with van der Waals surface area (Å²) >= 11 is 0. The molecule has 1 fully saturated rings. The molecule has 3 rings (SSSR count). The lowest BCUT2D eigenvalue weighted by molar-refractivity contribution is -0.174. The largest absolute Gasteiger partial charge is 0.407 e. The number of rotatable bonds is 4. The van der Waals surface area contributed by atoms with Gasteiger partial charge in [0.25, 0.3) is 0 Å². The molecule has 1 N–H and O–H groups in total. The zero-order valence-corrected chi connectivity index (χ0v) is 14.2. The van der Waals surface area contributed by atoms with Gasteiger partial charge in [0.1, 0.15) is 6.04 Å². The van der Waals surface area contributed by atoms with Crippen LogP contribution in [0.25, 0.3) is 10.8 Å². The molecular weight excluding hydrogens is 357 g/mol. The number of nitrogens with zero attached hydrogens (tertiary/aromatic N) is 1. The Labute approximate surface area is 143 Å². The van der Waals surface area contributed by atoms with Crippen molar-refractivity contribution in [1.82, 2.24) is 9.71 Å². The molecule has 5 nitrogen and oxygen atoms in total. The van der Waals surface area contributed by atoms with Gasteiger partial charge in [-0.3, -0.25) is 4.98 Å². The molecule has 2 unspecified atom stereocenters. The van der Waals surface area contributed by atoms with E-state index in [0.717, 1.165) is 0 Å². The Morgan fingerprint density at radius 1 is 1.32 bits per heavy atom. The molecule has 25 heavy (non-hydrogen) atoms. The molecule has 0 aliphatic carbocycles. The van der Waals surface area contributed by atoms with Crippen molar-refractivity contribution in [3.63, 3.8) is 0 Å². The summed E-state index contributed by atoms with van der Waals surface area (Å²) in [4.78, 5) is 3.79. The molecule has 1 aliphatic heterocycles. The lowest BCUT2D eigenvalue weighted by Crippen LogP contribution is -2.52. The number of ether oxygens (including phenoxy) is 1. The first-order valence-corrected chi connectivity index (χ1v) is 9.22. The average Bonchev–Trinajstić information content (AvgIpc) is 3.05. The highest BCUT2D eigenvalue weighted by Gasteiger charge is 2.48. The predicted molar refractivity (Wildman–Crippen MR) is 85.6 cm³/mol. The molecule has 9 heteroatoms. The fourth-order valence-corrected chi connectivity index (χ4v) is 4.60. The van der Waals surface area contributed by atoms with E-state index in [0.29, 0.717) is 22.8 Å². The molecule has 1 aromatic carbocycles. The summed E-state index contributed by atoms with van der Waals surface area (Å²) in [5, 5.41) is 0.904. The van der Waals surface area contributed by atoms with Crippen molar-refractivity contribution >= 4 is 20.8 Å². The summed E-state index contributed by atoms with van der Waals surface area (Å²) in [5.74, 6) is 0. The molecule has 0 saturated carbocycles. The van der Waals surface area contributed by atoms with Crippen LogP contribution in [0.5, 0.6) is 0 Å². The molecule has 1 saturated heterocycles. The zero-order chi connectivity index (χ0) is 18.2. The van der Waals surface area contributed by atoms with Crippen molar-refractivity contribution in [2.75, 3.05) is 6.61 Å². The minimum atomic E-state index is -4.75. The Hall–Kier alpha value is -1.71. The molecule has 0 bridgehead atoms. The van der Waals surface area contributed by atoms with Crippen LogP contribution in [0.1, 0.15) is 18.4 Å². The predicted octanol–water partition coefficient (Wildman–Crippen LogP) is 2.93. The number of sulfonamides is 1. The fraction of sp³-hybridized carbons (Fsp3) is 0.438. The summed E-state index contributed by atoms with van der Waals surface area (Å²) < 4.78 is 72.5. The summed E-state index contributed by atoms with van der Waals surface area (Å²) in [5.41, 5.74) is 0.569. The number of hydrogen-bond donors (Lipinski definition) is 1. The minimum absolute atomic E-state index is 0.158. The maximum atomic E-state index is 13.4. The quantitative estimate of drug-likeness (QED) is 0.894. The summed E-state index contributed by atoms with van der Waals surface area (Å²) in [6, 6.07) is 2.15. The van der Waals surface area contributed by atoms with Gasteiger partial charge < -0.3 is 4.74 Å². The van der Waals surface area contributed by atoms with Crippen LogP contribution in [0.4, 0.5) is 13.2 Å². The van der Waals surface area contributed by atoms with E-state index >= 15 is 0 Å². The number of pyridine rings is 1. The highest BCUT2D eigenvalue weighted by atomic mass is 32.2. The second-order valence-electron chi connectivity index (χ2n) is 6.00. The first-order chi connectivity index (χ1) is 11.7. The number of aryl methyl sites for hydroxylation is 1. The van der Waals surface area contributed by atoms with Crippen LogP contribution < -0.4 is 4.72 Å². The van der Waals surface area contributed by atoms with Crippen molar-refractivity contribution in [2.45, 2.75) is 43.0 Å². The van der Waals surface area contributed by atoms with Gasteiger partial charge in [0.05, 0.1) is 11.0 Å². The second kappa shape index (κ2) is 6.54. The van der Waals surface area contributed by atoms with Gasteiger partial charge in [-0.2, -0.15) is 17.9 Å². The Kier molecular flexibility index (Phi) is 4.74. The third kappa shape index (κ3) is 3.63. The molecule has 2 heterocycles. The van der Waals surface area contributed by atoms with Gasteiger partial charge in [-0.05, 0) is 31.4 Å². The van der Waals surface area contributed by atoms with E-state index in [1.165, 1.54) is 24.5 Å². The third-order valence-electron chi connectivity index (χ3n) is 4.20. The number of halogens is 3. The lowest BCUT2D eigenvalue weighted by Gasteiger charge is -2.26. The molecule has 0 spiro atoms. The fourth-order valence-electron chi connectivity index (χ4n) is 3.05. The van der Waals surface area contributed by atoms with Crippen molar-refractivity contribution in [3.05, 3.63) is 36.2 Å². The molecule has 1 aliphatic rings. The van der Waals surface area contributed by atoms with Crippen LogP contribution >= 0.6 is 0 Å². The number of benzene rings is 1. The Morgan fingerprint density at radius 2 is 2.08 bits per heavy atom. The zero-order valence-electron chi connectivity index (χ0n) is 13.4. The SMILES string of the molecule is Cc1cncc2cccc(S(=O)(=O)NC(C3CCCO3)C(F)(F)F)c12. The van der Waals surface area contributed by atoms with E-state index in [9.17, 15) is 21.6 Å². The number of hydrogen-bond acceptors (Lipinski definition) is 4. The Balaban J connectivity index is 2.04. The third-order valence-corrected chi connectivity index (χ3v) is 5.68. The number of fused-ring (bicyclic) bond motifs is 1. The second-order valence-corrected chi connectivity index (χ2v) is 7.69. The first kappa shape index (κ1) is 18.1. The maximum absolute atomic E-state index is 13.4. The average molecular weight is 374 g/mol.